The van der Waals surface area contributed by atoms with Gasteiger partial charge in [0.05, 0.1) is 12.1 Å². The summed E-state index contributed by atoms with van der Waals surface area (Å²) in [7, 11) is 0. The molecule has 0 bridgehead atoms. The number of amides is 3. The van der Waals surface area contributed by atoms with Crippen molar-refractivity contribution < 1.29 is 9.59 Å². The smallest absolute Gasteiger partial charge is 0.324 e. The van der Waals surface area contributed by atoms with Crippen LogP contribution < -0.4 is 21.3 Å². The van der Waals surface area contributed by atoms with Crippen molar-refractivity contribution in [2.75, 3.05) is 22.5 Å². The molecule has 1 fully saturated rings. The van der Waals surface area contributed by atoms with Crippen molar-refractivity contribution in [3.8, 4) is 0 Å². The Morgan fingerprint density at radius 2 is 2.17 bits per heavy atom. The Morgan fingerprint density at radius 1 is 1.43 bits per heavy atom. The highest BCUT2D eigenvalue weighted by molar-refractivity contribution is 6.31. The van der Waals surface area contributed by atoms with Crippen LogP contribution in [0.5, 0.6) is 0 Å². The van der Waals surface area contributed by atoms with E-state index in [2.05, 4.69) is 27.5 Å². The molecule has 1 aliphatic heterocycles. The van der Waals surface area contributed by atoms with E-state index in [0.29, 0.717) is 17.3 Å². The van der Waals surface area contributed by atoms with Gasteiger partial charge in [-0.15, -0.1) is 0 Å². The molecule has 30 heavy (non-hydrogen) atoms. The molecule has 4 N–H and O–H groups in total. The number of nitrogens with zero attached hydrogens (tertiary/aromatic N) is 3. The molecule has 9 heteroatoms. The molecule has 1 saturated heterocycles. The molecule has 3 amide bonds. The Labute approximate surface area is 181 Å². The first kappa shape index (κ1) is 21.8. The number of hydrogen-bond acceptors (Lipinski definition) is 5. The van der Waals surface area contributed by atoms with Gasteiger partial charge in [0.1, 0.15) is 11.4 Å². The fourth-order valence-corrected chi connectivity index (χ4v) is 4.00. The van der Waals surface area contributed by atoms with E-state index in [0.717, 1.165) is 18.4 Å². The zero-order valence-electron chi connectivity index (χ0n) is 17.6. The van der Waals surface area contributed by atoms with Gasteiger partial charge in [0.25, 0.3) is 5.91 Å². The van der Waals surface area contributed by atoms with Crippen LogP contribution in [-0.4, -0.2) is 34.0 Å². The molecule has 2 aromatic rings. The molecule has 1 unspecified atom stereocenters. The summed E-state index contributed by atoms with van der Waals surface area (Å²) >= 11 is 6.29. The van der Waals surface area contributed by atoms with E-state index in [-0.39, 0.29) is 34.8 Å². The highest BCUT2D eigenvalue weighted by atomic mass is 35.5. The number of halogens is 1. The van der Waals surface area contributed by atoms with Gasteiger partial charge in [-0.1, -0.05) is 44.9 Å². The van der Waals surface area contributed by atoms with Crippen LogP contribution >= 0.6 is 11.6 Å². The molecule has 1 aromatic carbocycles. The lowest BCUT2D eigenvalue weighted by Gasteiger charge is -2.22. The van der Waals surface area contributed by atoms with Crippen molar-refractivity contribution >= 4 is 41.0 Å². The first-order chi connectivity index (χ1) is 14.1. The van der Waals surface area contributed by atoms with Crippen LogP contribution in [0.2, 0.25) is 5.02 Å². The van der Waals surface area contributed by atoms with Crippen LogP contribution in [0.25, 0.3) is 0 Å². The first-order valence-corrected chi connectivity index (χ1v) is 10.3. The number of nitrogens with one attached hydrogen (secondary N) is 2. The normalized spacial score (nSPS) is 18.6. The molecule has 1 aliphatic rings. The summed E-state index contributed by atoms with van der Waals surface area (Å²) in [6.45, 7) is 8.57. The van der Waals surface area contributed by atoms with Crippen LogP contribution in [0, 0.1) is 0 Å². The number of benzene rings is 1. The average Bonchev–Trinajstić information content (AvgIpc) is 2.95. The van der Waals surface area contributed by atoms with E-state index in [9.17, 15) is 9.59 Å². The highest BCUT2D eigenvalue weighted by Gasteiger charge is 2.40. The van der Waals surface area contributed by atoms with Crippen molar-refractivity contribution in [3.63, 3.8) is 0 Å². The quantitative estimate of drug-likeness (QED) is 0.636. The third kappa shape index (κ3) is 4.48. The van der Waals surface area contributed by atoms with Gasteiger partial charge >= 0.3 is 6.03 Å². The Hall–Kier alpha value is -2.87. The van der Waals surface area contributed by atoms with Gasteiger partial charge in [-0.05, 0) is 37.0 Å². The molecule has 1 atom stereocenters. The van der Waals surface area contributed by atoms with E-state index >= 15 is 0 Å². The topological polar surface area (TPSA) is 113 Å². The van der Waals surface area contributed by atoms with Crippen molar-refractivity contribution in [3.05, 3.63) is 40.5 Å². The maximum absolute atomic E-state index is 12.6. The lowest BCUT2D eigenvalue weighted by Crippen LogP contribution is -2.39. The SMILES string of the molecule is CCCC1(C)CN(c2ncc(C(=O)Nc3ccc(C(C)C)c(Cl)c3)c(N)n2)C(=O)N1. The minimum Gasteiger partial charge on any atom is -0.383 e. The van der Waals surface area contributed by atoms with Gasteiger partial charge in [0, 0.05) is 16.9 Å². The number of aromatic nitrogens is 2. The summed E-state index contributed by atoms with van der Waals surface area (Å²) in [5, 5.41) is 6.30. The molecule has 2 heterocycles. The van der Waals surface area contributed by atoms with Crippen molar-refractivity contribution in [1.82, 2.24) is 15.3 Å². The summed E-state index contributed by atoms with van der Waals surface area (Å²) in [5.41, 5.74) is 7.34. The van der Waals surface area contributed by atoms with Gasteiger partial charge in [-0.3, -0.25) is 9.69 Å². The standard InChI is InChI=1S/C21H27ClN6O2/c1-5-8-21(4)11-28(20(30)27-21)19-24-10-15(17(23)26-19)18(29)25-13-6-7-14(12(2)3)16(22)9-13/h6-7,9-10,12H,5,8,11H2,1-4H3,(H,25,29)(H,27,30)(H2,23,24,26). The predicted molar refractivity (Wildman–Crippen MR) is 119 cm³/mol. The molecule has 0 saturated carbocycles. The summed E-state index contributed by atoms with van der Waals surface area (Å²) in [6, 6.07) is 5.09. The predicted octanol–water partition coefficient (Wildman–Crippen LogP) is 4.18. The average molecular weight is 431 g/mol. The Balaban J connectivity index is 1.76. The van der Waals surface area contributed by atoms with Crippen LogP contribution in [0.1, 0.15) is 62.4 Å². The summed E-state index contributed by atoms with van der Waals surface area (Å²) in [5.74, 6) is -0.0000739. The molecule has 3 rings (SSSR count). The third-order valence-electron chi connectivity index (χ3n) is 5.13. The van der Waals surface area contributed by atoms with Gasteiger partial charge in [-0.25, -0.2) is 9.78 Å². The third-order valence-corrected chi connectivity index (χ3v) is 5.46. The lowest BCUT2D eigenvalue weighted by molar-refractivity contribution is 0.102. The van der Waals surface area contributed by atoms with E-state index in [1.807, 2.05) is 26.8 Å². The molecule has 160 valence electrons. The van der Waals surface area contributed by atoms with Crippen molar-refractivity contribution in [2.45, 2.75) is 52.0 Å². The molecule has 8 nitrogen and oxygen atoms in total. The molecule has 0 spiro atoms. The minimum absolute atomic E-state index is 0.000655. The lowest BCUT2D eigenvalue weighted by atomic mass is 9.98. The monoisotopic (exact) mass is 430 g/mol. The first-order valence-electron chi connectivity index (χ1n) is 9.96. The fourth-order valence-electron chi connectivity index (χ4n) is 3.60. The number of urea groups is 1. The highest BCUT2D eigenvalue weighted by Crippen LogP contribution is 2.28. The largest absolute Gasteiger partial charge is 0.383 e. The van der Waals surface area contributed by atoms with E-state index < -0.39 is 5.91 Å². The summed E-state index contributed by atoms with van der Waals surface area (Å²) in [6.07, 6.45) is 3.11. The van der Waals surface area contributed by atoms with Crippen molar-refractivity contribution in [1.29, 1.82) is 0 Å². The maximum atomic E-state index is 12.6. The van der Waals surface area contributed by atoms with Crippen LogP contribution in [0.15, 0.2) is 24.4 Å². The van der Waals surface area contributed by atoms with E-state index in [1.165, 1.54) is 11.1 Å². The number of carbonyl (C=O) groups is 2. The van der Waals surface area contributed by atoms with Gasteiger partial charge in [-0.2, -0.15) is 4.98 Å². The summed E-state index contributed by atoms with van der Waals surface area (Å²) in [4.78, 5) is 34.8. The fraction of sp³-hybridized carbons (Fsp3) is 0.429. The Morgan fingerprint density at radius 3 is 2.77 bits per heavy atom. The van der Waals surface area contributed by atoms with Gasteiger partial charge in [0.2, 0.25) is 5.95 Å². The number of nitrogen functional groups attached to an aromatic ring is 1. The number of carbonyl (C=O) groups excluding carboxylic acids is 2. The second-order valence-electron chi connectivity index (χ2n) is 8.14. The second kappa shape index (κ2) is 8.47. The Bertz CT molecular complexity index is 980. The number of rotatable bonds is 6. The van der Waals surface area contributed by atoms with Crippen molar-refractivity contribution in [2.24, 2.45) is 0 Å². The van der Waals surface area contributed by atoms with E-state index in [1.54, 1.807) is 12.1 Å². The van der Waals surface area contributed by atoms with Gasteiger partial charge in [0.15, 0.2) is 0 Å². The molecule has 0 aliphatic carbocycles. The molecule has 1 aromatic heterocycles. The maximum Gasteiger partial charge on any atom is 0.324 e. The van der Waals surface area contributed by atoms with E-state index in [4.69, 9.17) is 17.3 Å². The summed E-state index contributed by atoms with van der Waals surface area (Å²) < 4.78 is 0. The van der Waals surface area contributed by atoms with Crippen LogP contribution in [-0.2, 0) is 0 Å². The number of hydrogen-bond donors (Lipinski definition) is 3. The molecule has 0 radical (unpaired) electrons. The number of anilines is 3. The minimum atomic E-state index is -0.450. The zero-order chi connectivity index (χ0) is 22.1. The Kier molecular flexibility index (Phi) is 6.17. The second-order valence-corrected chi connectivity index (χ2v) is 8.55. The molecular formula is C21H27ClN6O2. The van der Waals surface area contributed by atoms with Crippen LogP contribution in [0.4, 0.5) is 22.2 Å². The van der Waals surface area contributed by atoms with Crippen LogP contribution in [0.3, 0.4) is 0 Å². The number of nitrogens with two attached hydrogens (primary N) is 1. The molecular weight excluding hydrogens is 404 g/mol. The zero-order valence-corrected chi connectivity index (χ0v) is 18.4. The van der Waals surface area contributed by atoms with Gasteiger partial charge < -0.3 is 16.4 Å².